The van der Waals surface area contributed by atoms with Gasteiger partial charge in [0.15, 0.2) is 0 Å². The number of fused-ring (bicyclic) bond motifs is 1. The molecular formula is C12H15BrClNO2. The summed E-state index contributed by atoms with van der Waals surface area (Å²) in [6.45, 7) is 2.97. The molecule has 3 nitrogen and oxygen atoms in total. The van der Waals surface area contributed by atoms with Gasteiger partial charge in [0.05, 0.1) is 6.61 Å². The molecule has 5 heteroatoms. The van der Waals surface area contributed by atoms with Crippen molar-refractivity contribution in [1.29, 1.82) is 0 Å². The fraction of sp³-hybridized carbons (Fsp3) is 0.417. The highest BCUT2D eigenvalue weighted by Crippen LogP contribution is 2.25. The number of carbonyl (C=O) groups is 1. The summed E-state index contributed by atoms with van der Waals surface area (Å²) >= 11 is 3.52. The number of ether oxygens (including phenoxy) is 1. The summed E-state index contributed by atoms with van der Waals surface area (Å²) in [7, 11) is 0. The van der Waals surface area contributed by atoms with Crippen LogP contribution in [-0.2, 0) is 22.5 Å². The van der Waals surface area contributed by atoms with Crippen LogP contribution < -0.4 is 5.32 Å². The summed E-state index contributed by atoms with van der Waals surface area (Å²) in [5, 5.41) is 3.19. The lowest BCUT2D eigenvalue weighted by atomic mass is 9.96. The Kier molecular flexibility index (Phi) is 5.43. The van der Waals surface area contributed by atoms with Crippen molar-refractivity contribution in [3.63, 3.8) is 0 Å². The minimum absolute atomic E-state index is 0. The van der Waals surface area contributed by atoms with E-state index in [0.29, 0.717) is 13.0 Å². The maximum absolute atomic E-state index is 11.6. The predicted molar refractivity (Wildman–Crippen MR) is 72.4 cm³/mol. The van der Waals surface area contributed by atoms with Gasteiger partial charge < -0.3 is 10.1 Å². The molecule has 1 aliphatic rings. The van der Waals surface area contributed by atoms with Gasteiger partial charge in [-0.25, -0.2) is 0 Å². The first-order chi connectivity index (χ1) is 7.72. The molecule has 0 aromatic heterocycles. The molecule has 0 radical (unpaired) electrons. The highest BCUT2D eigenvalue weighted by atomic mass is 79.9. The summed E-state index contributed by atoms with van der Waals surface area (Å²) in [6.07, 6.45) is 0.690. The van der Waals surface area contributed by atoms with Gasteiger partial charge in [-0.2, -0.15) is 0 Å². The number of halogens is 2. The zero-order valence-electron chi connectivity index (χ0n) is 9.53. The molecule has 1 unspecified atom stereocenters. The highest BCUT2D eigenvalue weighted by Gasteiger charge is 2.26. The van der Waals surface area contributed by atoms with Crippen molar-refractivity contribution < 1.29 is 9.53 Å². The van der Waals surface area contributed by atoms with Crippen LogP contribution in [-0.4, -0.2) is 18.6 Å². The summed E-state index contributed by atoms with van der Waals surface area (Å²) in [6, 6.07) is 5.88. The summed E-state index contributed by atoms with van der Waals surface area (Å²) in [5.74, 6) is -0.163. The second kappa shape index (κ2) is 6.38. The van der Waals surface area contributed by atoms with Crippen molar-refractivity contribution in [3.05, 3.63) is 33.8 Å². The molecule has 94 valence electrons. The van der Waals surface area contributed by atoms with E-state index < -0.39 is 0 Å². The molecule has 0 fully saturated rings. The topological polar surface area (TPSA) is 38.3 Å². The van der Waals surface area contributed by atoms with Crippen molar-refractivity contribution in [3.8, 4) is 0 Å². The van der Waals surface area contributed by atoms with Crippen LogP contribution in [0, 0.1) is 0 Å². The van der Waals surface area contributed by atoms with Gasteiger partial charge in [-0.3, -0.25) is 4.79 Å². The third-order valence-corrected chi connectivity index (χ3v) is 3.48. The zero-order chi connectivity index (χ0) is 11.5. The third-order valence-electron chi connectivity index (χ3n) is 2.73. The maximum Gasteiger partial charge on any atom is 0.323 e. The van der Waals surface area contributed by atoms with E-state index >= 15 is 0 Å². The standard InChI is InChI=1S/C12H14BrNO2.ClH/c1-2-16-12(15)11-6-9-8(7-14-11)4-3-5-10(9)13;/h3-5,11,14H,2,6-7H2,1H3;1H. The van der Waals surface area contributed by atoms with E-state index in [1.807, 2.05) is 19.1 Å². The Balaban J connectivity index is 0.00000144. The van der Waals surface area contributed by atoms with Gasteiger partial charge in [0.1, 0.15) is 6.04 Å². The van der Waals surface area contributed by atoms with E-state index in [-0.39, 0.29) is 24.4 Å². The fourth-order valence-electron chi connectivity index (χ4n) is 1.92. The average molecular weight is 321 g/mol. The smallest absolute Gasteiger partial charge is 0.323 e. The summed E-state index contributed by atoms with van der Waals surface area (Å²) in [4.78, 5) is 11.6. The highest BCUT2D eigenvalue weighted by molar-refractivity contribution is 9.10. The van der Waals surface area contributed by atoms with Crippen LogP contribution >= 0.6 is 28.3 Å². The van der Waals surface area contributed by atoms with Crippen molar-refractivity contribution in [2.75, 3.05) is 6.61 Å². The first-order valence-electron chi connectivity index (χ1n) is 5.38. The minimum atomic E-state index is -0.217. The van der Waals surface area contributed by atoms with Gasteiger partial charge in [-0.05, 0) is 30.5 Å². The monoisotopic (exact) mass is 319 g/mol. The van der Waals surface area contributed by atoms with Crippen molar-refractivity contribution in [2.45, 2.75) is 25.9 Å². The lowest BCUT2D eigenvalue weighted by Gasteiger charge is -2.25. The number of nitrogens with one attached hydrogen (secondary N) is 1. The number of rotatable bonds is 2. The van der Waals surface area contributed by atoms with Gasteiger partial charge >= 0.3 is 5.97 Å². The van der Waals surface area contributed by atoms with Crippen molar-refractivity contribution in [2.24, 2.45) is 0 Å². The molecule has 0 saturated carbocycles. The lowest BCUT2D eigenvalue weighted by molar-refractivity contribution is -0.145. The Morgan fingerprint density at radius 2 is 2.35 bits per heavy atom. The van der Waals surface area contributed by atoms with Crippen LogP contribution in [0.1, 0.15) is 18.1 Å². The number of esters is 1. The van der Waals surface area contributed by atoms with Gasteiger partial charge in [0, 0.05) is 11.0 Å². The quantitative estimate of drug-likeness (QED) is 0.851. The van der Waals surface area contributed by atoms with E-state index in [4.69, 9.17) is 4.74 Å². The minimum Gasteiger partial charge on any atom is -0.465 e. The van der Waals surface area contributed by atoms with E-state index in [1.165, 1.54) is 11.1 Å². The van der Waals surface area contributed by atoms with Crippen molar-refractivity contribution >= 4 is 34.3 Å². The molecule has 1 aromatic carbocycles. The molecule has 2 rings (SSSR count). The van der Waals surface area contributed by atoms with E-state index in [1.54, 1.807) is 0 Å². The predicted octanol–water partition coefficient (Wildman–Crippen LogP) is 2.45. The third kappa shape index (κ3) is 3.21. The van der Waals surface area contributed by atoms with Crippen LogP contribution in [0.5, 0.6) is 0 Å². The average Bonchev–Trinajstić information content (AvgIpc) is 2.29. The van der Waals surface area contributed by atoms with E-state index in [2.05, 4.69) is 27.3 Å². The van der Waals surface area contributed by atoms with Crippen LogP contribution in [0.3, 0.4) is 0 Å². The normalized spacial score (nSPS) is 17.9. The van der Waals surface area contributed by atoms with Crippen molar-refractivity contribution in [1.82, 2.24) is 5.32 Å². The van der Waals surface area contributed by atoms with Crippen LogP contribution in [0.2, 0.25) is 0 Å². The number of carbonyl (C=O) groups excluding carboxylic acids is 1. The molecule has 1 N–H and O–H groups in total. The first kappa shape index (κ1) is 14.5. The second-order valence-electron chi connectivity index (χ2n) is 3.77. The van der Waals surface area contributed by atoms with Gasteiger partial charge in [-0.1, -0.05) is 28.1 Å². The number of hydrogen-bond acceptors (Lipinski definition) is 3. The van der Waals surface area contributed by atoms with Gasteiger partial charge in [0.2, 0.25) is 0 Å². The number of benzene rings is 1. The Morgan fingerprint density at radius 1 is 1.59 bits per heavy atom. The molecule has 1 aromatic rings. The van der Waals surface area contributed by atoms with Gasteiger partial charge in [-0.15, -0.1) is 12.4 Å². The second-order valence-corrected chi connectivity index (χ2v) is 4.62. The molecular weight excluding hydrogens is 305 g/mol. The Labute approximate surface area is 115 Å². The Bertz CT molecular complexity index is 411. The number of hydrogen-bond donors (Lipinski definition) is 1. The molecule has 0 aliphatic carbocycles. The van der Waals surface area contributed by atoms with Gasteiger partial charge in [0.25, 0.3) is 0 Å². The maximum atomic E-state index is 11.6. The van der Waals surface area contributed by atoms with Crippen LogP contribution in [0.25, 0.3) is 0 Å². The Hall–Kier alpha value is -0.580. The summed E-state index contributed by atoms with van der Waals surface area (Å²) in [5.41, 5.74) is 2.45. The Morgan fingerprint density at radius 3 is 3.06 bits per heavy atom. The summed E-state index contributed by atoms with van der Waals surface area (Å²) < 4.78 is 6.09. The molecule has 0 spiro atoms. The molecule has 1 atom stereocenters. The SMILES string of the molecule is CCOC(=O)C1Cc2c(Br)cccc2CN1.Cl. The van der Waals surface area contributed by atoms with Crippen LogP contribution in [0.4, 0.5) is 0 Å². The van der Waals surface area contributed by atoms with E-state index in [9.17, 15) is 4.79 Å². The zero-order valence-corrected chi connectivity index (χ0v) is 11.9. The molecule has 0 saturated heterocycles. The fourth-order valence-corrected chi connectivity index (χ4v) is 2.49. The molecule has 0 bridgehead atoms. The first-order valence-corrected chi connectivity index (χ1v) is 6.18. The van der Waals surface area contributed by atoms with Crippen LogP contribution in [0.15, 0.2) is 22.7 Å². The molecule has 17 heavy (non-hydrogen) atoms. The largest absolute Gasteiger partial charge is 0.465 e. The lowest BCUT2D eigenvalue weighted by Crippen LogP contribution is -2.42. The molecule has 1 heterocycles. The molecule has 0 amide bonds. The molecule has 1 aliphatic heterocycles. The van der Waals surface area contributed by atoms with E-state index in [0.717, 1.165) is 11.0 Å².